The normalized spacial score (nSPS) is 21.4. The van der Waals surface area contributed by atoms with Crippen LogP contribution in [0.2, 0.25) is 0 Å². The molecule has 1 aromatic carbocycles. The van der Waals surface area contributed by atoms with E-state index in [4.69, 9.17) is 0 Å². The van der Waals surface area contributed by atoms with Gasteiger partial charge in [-0.2, -0.15) is 0 Å². The zero-order chi connectivity index (χ0) is 12.1. The summed E-state index contributed by atoms with van der Waals surface area (Å²) in [5.41, 5.74) is 2.51. The van der Waals surface area contributed by atoms with Gasteiger partial charge in [-0.1, -0.05) is 36.9 Å². The van der Waals surface area contributed by atoms with Crippen LogP contribution in [-0.2, 0) is 6.54 Å². The lowest BCUT2D eigenvalue weighted by Crippen LogP contribution is -2.36. The van der Waals surface area contributed by atoms with Crippen molar-refractivity contribution in [2.24, 2.45) is 5.92 Å². The average molecular weight is 231 g/mol. The number of benzene rings is 1. The Hall–Kier alpha value is -1.12. The van der Waals surface area contributed by atoms with Crippen LogP contribution in [0, 0.1) is 5.92 Å². The van der Waals surface area contributed by atoms with Crippen molar-refractivity contribution in [2.75, 3.05) is 19.7 Å². The molecule has 0 radical (unpaired) electrons. The van der Waals surface area contributed by atoms with Gasteiger partial charge in [-0.3, -0.25) is 4.90 Å². The summed E-state index contributed by atoms with van der Waals surface area (Å²) in [6.07, 6.45) is 4.24. The van der Waals surface area contributed by atoms with E-state index in [9.17, 15) is 5.11 Å². The Morgan fingerprint density at radius 1 is 1.35 bits per heavy atom. The maximum Gasteiger partial charge on any atom is 0.0471 e. The third kappa shape index (κ3) is 3.42. The van der Waals surface area contributed by atoms with E-state index in [0.717, 1.165) is 19.6 Å². The van der Waals surface area contributed by atoms with Crippen molar-refractivity contribution < 1.29 is 5.11 Å². The van der Waals surface area contributed by atoms with Crippen LogP contribution >= 0.6 is 0 Å². The summed E-state index contributed by atoms with van der Waals surface area (Å²) >= 11 is 0. The predicted octanol–water partition coefficient (Wildman–Crippen LogP) is 2.53. The van der Waals surface area contributed by atoms with Gasteiger partial charge in [0.1, 0.15) is 0 Å². The summed E-state index contributed by atoms with van der Waals surface area (Å²) in [5.74, 6) is 0.469. The summed E-state index contributed by atoms with van der Waals surface area (Å²) in [5, 5.41) is 9.21. The smallest absolute Gasteiger partial charge is 0.0471 e. The molecule has 1 aliphatic rings. The second kappa shape index (κ2) is 5.99. The van der Waals surface area contributed by atoms with E-state index in [1.165, 1.54) is 24.0 Å². The fourth-order valence-electron chi connectivity index (χ4n) is 2.46. The summed E-state index contributed by atoms with van der Waals surface area (Å²) in [4.78, 5) is 2.44. The van der Waals surface area contributed by atoms with Gasteiger partial charge in [-0.25, -0.2) is 0 Å². The number of rotatable bonds is 4. The molecule has 1 fully saturated rings. The number of aliphatic hydroxyl groups excluding tert-OH is 1. The molecule has 17 heavy (non-hydrogen) atoms. The fraction of sp³-hybridized carbons (Fsp3) is 0.467. The molecule has 1 unspecified atom stereocenters. The highest BCUT2D eigenvalue weighted by Crippen LogP contribution is 2.18. The van der Waals surface area contributed by atoms with E-state index in [1.54, 1.807) is 0 Å². The molecule has 1 atom stereocenters. The molecule has 1 saturated heterocycles. The minimum atomic E-state index is 0.325. The molecule has 2 rings (SSSR count). The monoisotopic (exact) mass is 231 g/mol. The molecule has 1 aromatic rings. The molecule has 0 spiro atoms. The fourth-order valence-corrected chi connectivity index (χ4v) is 2.46. The maximum atomic E-state index is 9.21. The molecule has 1 aliphatic heterocycles. The molecular formula is C15H21NO. The number of likely N-dealkylation sites (tertiary alicyclic amines) is 1. The largest absolute Gasteiger partial charge is 0.396 e. The minimum Gasteiger partial charge on any atom is -0.396 e. The van der Waals surface area contributed by atoms with Crippen molar-refractivity contribution in [1.82, 2.24) is 4.90 Å². The standard InChI is InChI=1S/C15H21NO/c1-2-13-5-7-14(8-6-13)10-16-9-3-4-15(11-16)12-17/h2,5-8,15,17H,1,3-4,9-12H2. The second-order valence-electron chi connectivity index (χ2n) is 4.87. The van der Waals surface area contributed by atoms with Crippen molar-refractivity contribution in [2.45, 2.75) is 19.4 Å². The van der Waals surface area contributed by atoms with Crippen LogP contribution in [0.5, 0.6) is 0 Å². The molecule has 2 heteroatoms. The lowest BCUT2D eigenvalue weighted by molar-refractivity contribution is 0.116. The molecule has 0 saturated carbocycles. The van der Waals surface area contributed by atoms with E-state index >= 15 is 0 Å². The summed E-state index contributed by atoms with van der Waals surface area (Å²) in [6.45, 7) is 7.26. The third-order valence-corrected chi connectivity index (χ3v) is 3.48. The zero-order valence-electron chi connectivity index (χ0n) is 10.3. The number of hydrogen-bond donors (Lipinski definition) is 1. The Kier molecular flexibility index (Phi) is 4.35. The predicted molar refractivity (Wildman–Crippen MR) is 71.6 cm³/mol. The molecule has 0 aliphatic carbocycles. The van der Waals surface area contributed by atoms with Crippen molar-refractivity contribution in [3.63, 3.8) is 0 Å². The quantitative estimate of drug-likeness (QED) is 0.860. The first kappa shape index (κ1) is 12.3. The lowest BCUT2D eigenvalue weighted by Gasteiger charge is -2.31. The van der Waals surface area contributed by atoms with Crippen LogP contribution in [0.1, 0.15) is 24.0 Å². The van der Waals surface area contributed by atoms with Gasteiger partial charge in [0.25, 0.3) is 0 Å². The van der Waals surface area contributed by atoms with Crippen LogP contribution in [0.25, 0.3) is 6.08 Å². The number of hydrogen-bond acceptors (Lipinski definition) is 2. The summed E-state index contributed by atoms with van der Waals surface area (Å²) in [7, 11) is 0. The van der Waals surface area contributed by atoms with Gasteiger partial charge < -0.3 is 5.11 Å². The summed E-state index contributed by atoms with van der Waals surface area (Å²) < 4.78 is 0. The zero-order valence-corrected chi connectivity index (χ0v) is 10.3. The molecule has 1 N–H and O–H groups in total. The SMILES string of the molecule is C=Cc1ccc(CN2CCCC(CO)C2)cc1. The highest BCUT2D eigenvalue weighted by molar-refractivity contribution is 5.47. The topological polar surface area (TPSA) is 23.5 Å². The Bertz CT molecular complexity index is 358. The van der Waals surface area contributed by atoms with Crippen LogP contribution in [0.4, 0.5) is 0 Å². The molecular weight excluding hydrogens is 210 g/mol. The average Bonchev–Trinajstić information content (AvgIpc) is 2.40. The molecule has 0 amide bonds. The number of piperidine rings is 1. The van der Waals surface area contributed by atoms with Gasteiger partial charge >= 0.3 is 0 Å². The van der Waals surface area contributed by atoms with Crippen LogP contribution in [0.15, 0.2) is 30.8 Å². The van der Waals surface area contributed by atoms with Crippen LogP contribution in [0.3, 0.4) is 0 Å². The molecule has 92 valence electrons. The van der Waals surface area contributed by atoms with Gasteiger partial charge in [0.15, 0.2) is 0 Å². The van der Waals surface area contributed by atoms with Gasteiger partial charge in [0.2, 0.25) is 0 Å². The first-order valence-corrected chi connectivity index (χ1v) is 6.36. The molecule has 2 nitrogen and oxygen atoms in total. The van der Waals surface area contributed by atoms with E-state index in [1.807, 2.05) is 6.08 Å². The molecule has 0 aromatic heterocycles. The van der Waals surface area contributed by atoms with Gasteiger partial charge in [-0.05, 0) is 36.4 Å². The van der Waals surface area contributed by atoms with Crippen LogP contribution in [-0.4, -0.2) is 29.7 Å². The number of aliphatic hydroxyl groups is 1. The van der Waals surface area contributed by atoms with Crippen LogP contribution < -0.4 is 0 Å². The van der Waals surface area contributed by atoms with Gasteiger partial charge in [0.05, 0.1) is 0 Å². The third-order valence-electron chi connectivity index (χ3n) is 3.48. The van der Waals surface area contributed by atoms with Crippen molar-refractivity contribution in [3.05, 3.63) is 42.0 Å². The van der Waals surface area contributed by atoms with Crippen molar-refractivity contribution in [3.8, 4) is 0 Å². The second-order valence-corrected chi connectivity index (χ2v) is 4.87. The Morgan fingerprint density at radius 3 is 2.76 bits per heavy atom. The van der Waals surface area contributed by atoms with E-state index in [2.05, 4.69) is 35.7 Å². The maximum absolute atomic E-state index is 9.21. The van der Waals surface area contributed by atoms with Crippen molar-refractivity contribution in [1.29, 1.82) is 0 Å². The minimum absolute atomic E-state index is 0.325. The molecule has 1 heterocycles. The summed E-state index contributed by atoms with van der Waals surface area (Å²) in [6, 6.07) is 8.55. The Labute approximate surface area is 104 Å². The van der Waals surface area contributed by atoms with Gasteiger partial charge in [0, 0.05) is 19.7 Å². The van der Waals surface area contributed by atoms with Crippen molar-refractivity contribution >= 4 is 6.08 Å². The first-order chi connectivity index (χ1) is 8.31. The number of nitrogens with zero attached hydrogens (tertiary/aromatic N) is 1. The van der Waals surface area contributed by atoms with E-state index in [-0.39, 0.29) is 0 Å². The highest BCUT2D eigenvalue weighted by atomic mass is 16.3. The highest BCUT2D eigenvalue weighted by Gasteiger charge is 2.18. The Balaban J connectivity index is 1.92. The lowest BCUT2D eigenvalue weighted by atomic mass is 9.98. The van der Waals surface area contributed by atoms with Gasteiger partial charge in [-0.15, -0.1) is 0 Å². The first-order valence-electron chi connectivity index (χ1n) is 6.36. The van der Waals surface area contributed by atoms with E-state index < -0.39 is 0 Å². The Morgan fingerprint density at radius 2 is 2.12 bits per heavy atom. The van der Waals surface area contributed by atoms with E-state index in [0.29, 0.717) is 12.5 Å². The molecule has 0 bridgehead atoms.